The minimum absolute atomic E-state index is 0.00463. The van der Waals surface area contributed by atoms with Crippen LogP contribution in [0.2, 0.25) is 5.02 Å². The molecule has 0 unspecified atom stereocenters. The molecule has 0 saturated heterocycles. The Balaban J connectivity index is 2.46. The van der Waals surface area contributed by atoms with Gasteiger partial charge in [0, 0.05) is 13.1 Å². The molecule has 0 bridgehead atoms. The van der Waals surface area contributed by atoms with Crippen LogP contribution in [0, 0.1) is 0 Å². The molecule has 16 heavy (non-hydrogen) atoms. The summed E-state index contributed by atoms with van der Waals surface area (Å²) in [4.78, 5) is 13.4. The molecule has 0 spiro atoms. The standard InChI is InChI=1S/C11H14ClN3O/c12-8-3-1-4-9-11(8)15(10(16)7-13)6-2-5-14-9/h1,3-4,14H,2,5-7,13H2. The molecule has 0 atom stereocenters. The second-order valence-corrected chi connectivity index (χ2v) is 4.07. The summed E-state index contributed by atoms with van der Waals surface area (Å²) in [5.74, 6) is -0.0990. The molecule has 86 valence electrons. The zero-order chi connectivity index (χ0) is 11.5. The van der Waals surface area contributed by atoms with E-state index in [4.69, 9.17) is 17.3 Å². The first-order valence-electron chi connectivity index (χ1n) is 5.27. The maximum Gasteiger partial charge on any atom is 0.240 e. The number of halogens is 1. The van der Waals surface area contributed by atoms with Crippen molar-refractivity contribution >= 4 is 28.9 Å². The number of nitrogens with one attached hydrogen (secondary N) is 1. The van der Waals surface area contributed by atoms with E-state index in [1.807, 2.05) is 12.1 Å². The van der Waals surface area contributed by atoms with E-state index in [0.29, 0.717) is 11.6 Å². The molecule has 1 aliphatic rings. The van der Waals surface area contributed by atoms with Crippen molar-refractivity contribution < 1.29 is 4.79 Å². The van der Waals surface area contributed by atoms with Crippen molar-refractivity contribution in [2.75, 3.05) is 29.9 Å². The monoisotopic (exact) mass is 239 g/mol. The van der Waals surface area contributed by atoms with E-state index >= 15 is 0 Å². The van der Waals surface area contributed by atoms with Crippen molar-refractivity contribution in [1.82, 2.24) is 0 Å². The number of para-hydroxylation sites is 1. The van der Waals surface area contributed by atoms with Crippen molar-refractivity contribution in [1.29, 1.82) is 0 Å². The Hall–Kier alpha value is -1.26. The van der Waals surface area contributed by atoms with Crippen LogP contribution in [0.1, 0.15) is 6.42 Å². The number of rotatable bonds is 1. The zero-order valence-corrected chi connectivity index (χ0v) is 9.63. The number of amides is 1. The van der Waals surface area contributed by atoms with Gasteiger partial charge in [-0.25, -0.2) is 0 Å². The summed E-state index contributed by atoms with van der Waals surface area (Å²) in [6.45, 7) is 1.49. The normalized spacial score (nSPS) is 15.0. The SMILES string of the molecule is NCC(=O)N1CCCNc2cccc(Cl)c21. The molecule has 1 aromatic rings. The molecular weight excluding hydrogens is 226 g/mol. The Morgan fingerprint density at radius 2 is 2.38 bits per heavy atom. The number of carbonyl (C=O) groups excluding carboxylic acids is 1. The van der Waals surface area contributed by atoms with E-state index in [0.717, 1.165) is 24.3 Å². The summed E-state index contributed by atoms with van der Waals surface area (Å²) in [5, 5.41) is 3.83. The Labute approximate surface area is 99.4 Å². The van der Waals surface area contributed by atoms with E-state index in [9.17, 15) is 4.79 Å². The van der Waals surface area contributed by atoms with Gasteiger partial charge in [0.15, 0.2) is 0 Å². The number of anilines is 2. The summed E-state index contributed by atoms with van der Waals surface area (Å²) in [5.41, 5.74) is 7.05. The van der Waals surface area contributed by atoms with Crippen molar-refractivity contribution in [3.8, 4) is 0 Å². The average molecular weight is 240 g/mol. The number of hydrogen-bond acceptors (Lipinski definition) is 3. The number of nitrogens with two attached hydrogens (primary N) is 1. The fraction of sp³-hybridized carbons (Fsp3) is 0.364. The van der Waals surface area contributed by atoms with Gasteiger partial charge < -0.3 is 16.0 Å². The fourth-order valence-corrected chi connectivity index (χ4v) is 2.14. The van der Waals surface area contributed by atoms with E-state index in [1.54, 1.807) is 11.0 Å². The van der Waals surface area contributed by atoms with Crippen LogP contribution in [-0.4, -0.2) is 25.5 Å². The van der Waals surface area contributed by atoms with Crippen LogP contribution >= 0.6 is 11.6 Å². The van der Waals surface area contributed by atoms with E-state index in [1.165, 1.54) is 0 Å². The van der Waals surface area contributed by atoms with Gasteiger partial charge in [-0.3, -0.25) is 4.79 Å². The van der Waals surface area contributed by atoms with Crippen molar-refractivity contribution in [3.63, 3.8) is 0 Å². The van der Waals surface area contributed by atoms with Crippen LogP contribution in [0.5, 0.6) is 0 Å². The van der Waals surface area contributed by atoms with Crippen molar-refractivity contribution in [2.45, 2.75) is 6.42 Å². The smallest absolute Gasteiger partial charge is 0.240 e. The van der Waals surface area contributed by atoms with Crippen LogP contribution in [0.15, 0.2) is 18.2 Å². The third-order valence-electron chi connectivity index (χ3n) is 2.61. The van der Waals surface area contributed by atoms with Gasteiger partial charge in [0.25, 0.3) is 0 Å². The lowest BCUT2D eigenvalue weighted by Crippen LogP contribution is -2.36. The summed E-state index contributed by atoms with van der Waals surface area (Å²) >= 11 is 6.14. The quantitative estimate of drug-likeness (QED) is 0.780. The number of fused-ring (bicyclic) bond motifs is 1. The minimum atomic E-state index is -0.0990. The maximum atomic E-state index is 11.7. The molecular formula is C11H14ClN3O. The molecule has 2 rings (SSSR count). The molecule has 1 aliphatic heterocycles. The van der Waals surface area contributed by atoms with Gasteiger partial charge in [-0.1, -0.05) is 17.7 Å². The van der Waals surface area contributed by atoms with E-state index in [2.05, 4.69) is 5.32 Å². The number of carbonyl (C=O) groups is 1. The molecule has 5 heteroatoms. The van der Waals surface area contributed by atoms with E-state index < -0.39 is 0 Å². The van der Waals surface area contributed by atoms with Gasteiger partial charge in [0.1, 0.15) is 0 Å². The second kappa shape index (κ2) is 4.72. The van der Waals surface area contributed by atoms with Crippen LogP contribution in [0.4, 0.5) is 11.4 Å². The summed E-state index contributed by atoms with van der Waals surface area (Å²) < 4.78 is 0. The van der Waals surface area contributed by atoms with Crippen molar-refractivity contribution in [2.24, 2.45) is 5.73 Å². The highest BCUT2D eigenvalue weighted by atomic mass is 35.5. The van der Waals surface area contributed by atoms with Gasteiger partial charge in [-0.15, -0.1) is 0 Å². The summed E-state index contributed by atoms with van der Waals surface area (Å²) in [6.07, 6.45) is 0.886. The largest absolute Gasteiger partial charge is 0.383 e. The first-order valence-corrected chi connectivity index (χ1v) is 5.64. The average Bonchev–Trinajstić information content (AvgIpc) is 2.51. The lowest BCUT2D eigenvalue weighted by Gasteiger charge is -2.22. The van der Waals surface area contributed by atoms with Gasteiger partial charge in [0.2, 0.25) is 5.91 Å². The Morgan fingerprint density at radius 1 is 1.56 bits per heavy atom. The van der Waals surface area contributed by atoms with E-state index in [-0.39, 0.29) is 12.5 Å². The topological polar surface area (TPSA) is 58.4 Å². The Kier molecular flexibility index (Phi) is 3.31. The van der Waals surface area contributed by atoms with Gasteiger partial charge in [-0.2, -0.15) is 0 Å². The molecule has 1 amide bonds. The second-order valence-electron chi connectivity index (χ2n) is 3.67. The fourth-order valence-electron chi connectivity index (χ4n) is 1.86. The van der Waals surface area contributed by atoms with Crippen LogP contribution in [-0.2, 0) is 4.79 Å². The van der Waals surface area contributed by atoms with Gasteiger partial charge >= 0.3 is 0 Å². The van der Waals surface area contributed by atoms with Crippen LogP contribution < -0.4 is 16.0 Å². The number of benzene rings is 1. The molecule has 1 aromatic carbocycles. The summed E-state index contributed by atoms with van der Waals surface area (Å²) in [7, 11) is 0. The third-order valence-corrected chi connectivity index (χ3v) is 2.91. The predicted molar refractivity (Wildman–Crippen MR) is 66.0 cm³/mol. The molecule has 4 nitrogen and oxygen atoms in total. The Bertz CT molecular complexity index is 408. The van der Waals surface area contributed by atoms with Crippen molar-refractivity contribution in [3.05, 3.63) is 23.2 Å². The predicted octanol–water partition coefficient (Wildman–Crippen LogP) is 1.45. The number of hydrogen-bond donors (Lipinski definition) is 2. The lowest BCUT2D eigenvalue weighted by atomic mass is 10.2. The third kappa shape index (κ3) is 1.99. The summed E-state index contributed by atoms with van der Waals surface area (Å²) in [6, 6.07) is 5.57. The lowest BCUT2D eigenvalue weighted by molar-refractivity contribution is -0.117. The number of nitrogens with zero attached hydrogens (tertiary/aromatic N) is 1. The first kappa shape index (κ1) is 11.2. The van der Waals surface area contributed by atoms with Gasteiger partial charge in [-0.05, 0) is 18.6 Å². The highest BCUT2D eigenvalue weighted by molar-refractivity contribution is 6.34. The molecule has 0 saturated carbocycles. The minimum Gasteiger partial charge on any atom is -0.383 e. The highest BCUT2D eigenvalue weighted by Crippen LogP contribution is 2.35. The van der Waals surface area contributed by atoms with Crippen LogP contribution in [0.25, 0.3) is 0 Å². The van der Waals surface area contributed by atoms with Gasteiger partial charge in [0.05, 0.1) is 22.9 Å². The zero-order valence-electron chi connectivity index (χ0n) is 8.87. The molecule has 0 aromatic heterocycles. The Morgan fingerprint density at radius 3 is 3.12 bits per heavy atom. The molecule has 3 N–H and O–H groups in total. The molecule has 0 aliphatic carbocycles. The highest BCUT2D eigenvalue weighted by Gasteiger charge is 2.22. The molecule has 0 fully saturated rings. The first-order chi connectivity index (χ1) is 7.74. The molecule has 0 radical (unpaired) electrons. The van der Waals surface area contributed by atoms with Crippen LogP contribution in [0.3, 0.4) is 0 Å². The molecule has 1 heterocycles. The maximum absolute atomic E-state index is 11.7.